The van der Waals surface area contributed by atoms with Gasteiger partial charge >= 0.3 is 0 Å². The van der Waals surface area contributed by atoms with E-state index in [1.807, 2.05) is 0 Å². The summed E-state index contributed by atoms with van der Waals surface area (Å²) in [6.45, 7) is 9.05. The Morgan fingerprint density at radius 2 is 2.21 bits per heavy atom. The lowest BCUT2D eigenvalue weighted by atomic mass is 9.83. The number of nitrogens with zero attached hydrogens (tertiary/aromatic N) is 2. The van der Waals surface area contributed by atoms with Crippen molar-refractivity contribution in [2.45, 2.75) is 46.5 Å². The van der Waals surface area contributed by atoms with Gasteiger partial charge in [0.1, 0.15) is 5.84 Å². The van der Waals surface area contributed by atoms with E-state index in [2.05, 4.69) is 51.7 Å². The van der Waals surface area contributed by atoms with E-state index in [1.54, 1.807) is 0 Å². The predicted molar refractivity (Wildman–Crippen MR) is 71.0 cm³/mol. The van der Waals surface area contributed by atoms with Crippen LogP contribution in [0.25, 0.3) is 0 Å². The molecule has 0 spiro atoms. The molecule has 0 N–H and O–H groups in total. The van der Waals surface area contributed by atoms with E-state index >= 15 is 0 Å². The first-order valence-electron chi connectivity index (χ1n) is 5.52. The van der Waals surface area contributed by atoms with Crippen LogP contribution < -0.4 is 0 Å². The van der Waals surface area contributed by atoms with Crippen molar-refractivity contribution in [2.75, 3.05) is 13.1 Å². The highest BCUT2D eigenvalue weighted by atomic mass is 127. The van der Waals surface area contributed by atoms with Gasteiger partial charge in [0.05, 0.1) is 29.4 Å². The van der Waals surface area contributed by atoms with Crippen molar-refractivity contribution in [2.24, 2.45) is 10.4 Å². The van der Waals surface area contributed by atoms with E-state index in [-0.39, 0.29) is 0 Å². The average molecular weight is 308 g/mol. The fourth-order valence-electron chi connectivity index (χ4n) is 1.79. The molecule has 1 aliphatic rings. The molecule has 0 saturated carbocycles. The zero-order valence-electron chi connectivity index (χ0n) is 9.52. The van der Waals surface area contributed by atoms with Crippen LogP contribution in [0.2, 0.25) is 0 Å². The second-order valence-corrected chi connectivity index (χ2v) is 5.99. The van der Waals surface area contributed by atoms with Gasteiger partial charge < -0.3 is 3.11 Å². The Morgan fingerprint density at radius 3 is 2.71 bits per heavy atom. The monoisotopic (exact) mass is 308 g/mol. The van der Waals surface area contributed by atoms with Crippen LogP contribution in [-0.2, 0) is 0 Å². The van der Waals surface area contributed by atoms with E-state index in [1.165, 1.54) is 25.1 Å². The molecule has 0 aromatic heterocycles. The van der Waals surface area contributed by atoms with E-state index in [0.717, 1.165) is 19.5 Å². The maximum atomic E-state index is 4.55. The minimum absolute atomic E-state index is 0.419. The zero-order valence-corrected chi connectivity index (χ0v) is 11.7. The third-order valence-corrected chi connectivity index (χ3v) is 3.75. The van der Waals surface area contributed by atoms with Crippen LogP contribution in [0.3, 0.4) is 0 Å². The molecule has 14 heavy (non-hydrogen) atoms. The standard InChI is InChI=1S/C11H21IN2/c1-4-5-6-11(2,3)9-10-13-7-8-14(10)12/h4-9H2,1-3H3. The van der Waals surface area contributed by atoms with Gasteiger partial charge in [0, 0.05) is 13.0 Å². The molecular formula is C11H21IN2. The smallest absolute Gasteiger partial charge is 0.108 e. The van der Waals surface area contributed by atoms with E-state index in [4.69, 9.17) is 0 Å². The van der Waals surface area contributed by atoms with Crippen LogP contribution in [0.4, 0.5) is 0 Å². The summed E-state index contributed by atoms with van der Waals surface area (Å²) in [5.74, 6) is 1.30. The molecule has 3 heteroatoms. The van der Waals surface area contributed by atoms with Gasteiger partial charge in [-0.2, -0.15) is 0 Å². The fraction of sp³-hybridized carbons (Fsp3) is 0.909. The molecule has 0 amide bonds. The SMILES string of the molecule is CCCCC(C)(C)CC1=NCCN1I. The van der Waals surface area contributed by atoms with Crippen molar-refractivity contribution in [3.63, 3.8) is 0 Å². The van der Waals surface area contributed by atoms with Crippen LogP contribution in [0, 0.1) is 5.41 Å². The Kier molecular flexibility index (Phi) is 4.67. The Labute approximate surface area is 102 Å². The summed E-state index contributed by atoms with van der Waals surface area (Å²) in [6, 6.07) is 0. The van der Waals surface area contributed by atoms with E-state index in [9.17, 15) is 0 Å². The number of unbranched alkanes of at least 4 members (excludes halogenated alkanes) is 1. The average Bonchev–Trinajstić information content (AvgIpc) is 2.48. The lowest BCUT2D eigenvalue weighted by Gasteiger charge is -2.26. The summed E-state index contributed by atoms with van der Waals surface area (Å²) in [4.78, 5) is 4.55. The minimum Gasteiger partial charge on any atom is -0.301 e. The lowest BCUT2D eigenvalue weighted by Crippen LogP contribution is -2.24. The first kappa shape index (κ1) is 12.3. The Bertz CT molecular complexity index is 211. The second kappa shape index (κ2) is 5.33. The first-order chi connectivity index (χ1) is 6.55. The molecule has 0 saturated heterocycles. The summed E-state index contributed by atoms with van der Waals surface area (Å²) < 4.78 is 2.27. The number of amidine groups is 1. The number of hydrogen-bond acceptors (Lipinski definition) is 2. The van der Waals surface area contributed by atoms with Crippen LogP contribution in [0.1, 0.15) is 46.5 Å². The van der Waals surface area contributed by atoms with Crippen molar-refractivity contribution >= 4 is 28.7 Å². The van der Waals surface area contributed by atoms with E-state index < -0.39 is 0 Å². The van der Waals surface area contributed by atoms with Gasteiger partial charge in [-0.1, -0.05) is 33.6 Å². The van der Waals surface area contributed by atoms with Crippen LogP contribution >= 0.6 is 22.9 Å². The molecule has 2 nitrogen and oxygen atoms in total. The van der Waals surface area contributed by atoms with Gasteiger partial charge in [-0.05, 0) is 11.8 Å². The molecule has 0 unspecified atom stereocenters. The molecule has 82 valence electrons. The first-order valence-corrected chi connectivity index (χ1v) is 6.48. The normalized spacial score (nSPS) is 17.4. The summed E-state index contributed by atoms with van der Waals surface area (Å²) >= 11 is 2.37. The predicted octanol–water partition coefficient (Wildman–Crippen LogP) is 3.66. The van der Waals surface area contributed by atoms with Gasteiger partial charge in [-0.25, -0.2) is 0 Å². The molecule has 0 bridgehead atoms. The van der Waals surface area contributed by atoms with Gasteiger partial charge in [0.15, 0.2) is 0 Å². The molecule has 0 aromatic carbocycles. The van der Waals surface area contributed by atoms with Gasteiger partial charge in [-0.3, -0.25) is 4.99 Å². The van der Waals surface area contributed by atoms with Gasteiger partial charge in [0.25, 0.3) is 0 Å². The molecule has 0 aromatic rings. The van der Waals surface area contributed by atoms with Gasteiger partial charge in [0.2, 0.25) is 0 Å². The van der Waals surface area contributed by atoms with Crippen LogP contribution in [0.5, 0.6) is 0 Å². The maximum absolute atomic E-state index is 4.55. The van der Waals surface area contributed by atoms with Crippen molar-refractivity contribution in [1.29, 1.82) is 0 Å². The topological polar surface area (TPSA) is 15.6 Å². The molecule has 1 rings (SSSR count). The van der Waals surface area contributed by atoms with Crippen molar-refractivity contribution in [3.8, 4) is 0 Å². The summed E-state index contributed by atoms with van der Waals surface area (Å²) in [5.41, 5.74) is 0.419. The molecule has 0 aliphatic carbocycles. The van der Waals surface area contributed by atoms with E-state index in [0.29, 0.717) is 5.41 Å². The number of aliphatic imine (C=N–C) groups is 1. The van der Waals surface area contributed by atoms with Crippen molar-refractivity contribution in [3.05, 3.63) is 0 Å². The fourth-order valence-corrected chi connectivity index (χ4v) is 2.32. The molecule has 0 atom stereocenters. The molecule has 1 aliphatic heterocycles. The largest absolute Gasteiger partial charge is 0.301 e. The molecule has 1 heterocycles. The highest BCUT2D eigenvalue weighted by Crippen LogP contribution is 2.30. The quantitative estimate of drug-likeness (QED) is 0.559. The summed E-state index contributed by atoms with van der Waals surface area (Å²) in [7, 11) is 0. The summed E-state index contributed by atoms with van der Waals surface area (Å²) in [5, 5.41) is 0. The van der Waals surface area contributed by atoms with Crippen molar-refractivity contribution < 1.29 is 0 Å². The second-order valence-electron chi connectivity index (χ2n) is 4.83. The molecular weight excluding hydrogens is 287 g/mol. The third-order valence-electron chi connectivity index (χ3n) is 2.71. The zero-order chi connectivity index (χ0) is 10.6. The number of rotatable bonds is 5. The Morgan fingerprint density at radius 1 is 1.50 bits per heavy atom. The summed E-state index contributed by atoms with van der Waals surface area (Å²) in [6.07, 6.45) is 5.08. The highest BCUT2D eigenvalue weighted by Gasteiger charge is 2.24. The Hall–Kier alpha value is 0.200. The maximum Gasteiger partial charge on any atom is 0.108 e. The molecule has 0 fully saturated rings. The van der Waals surface area contributed by atoms with Gasteiger partial charge in [-0.15, -0.1) is 0 Å². The van der Waals surface area contributed by atoms with Crippen molar-refractivity contribution in [1.82, 2.24) is 3.11 Å². The van der Waals surface area contributed by atoms with Crippen LogP contribution in [-0.4, -0.2) is 22.0 Å². The molecule has 0 radical (unpaired) electrons. The number of halogens is 1. The highest BCUT2D eigenvalue weighted by molar-refractivity contribution is 14.1. The van der Waals surface area contributed by atoms with Crippen LogP contribution in [0.15, 0.2) is 4.99 Å². The number of hydrogen-bond donors (Lipinski definition) is 0. The lowest BCUT2D eigenvalue weighted by molar-refractivity contribution is 0.333. The third kappa shape index (κ3) is 3.75. The minimum atomic E-state index is 0.419. The Balaban J connectivity index is 2.41.